The lowest BCUT2D eigenvalue weighted by Gasteiger charge is -2.33. The summed E-state index contributed by atoms with van der Waals surface area (Å²) in [6, 6.07) is -0.101. The van der Waals surface area contributed by atoms with E-state index in [2.05, 4.69) is 36.9 Å². The molecule has 0 spiro atoms. The molecule has 0 heterocycles. The number of likely N-dealkylation sites (N-methyl/N-ethyl adjacent to an activating group) is 1. The van der Waals surface area contributed by atoms with Crippen LogP contribution in [0.4, 0.5) is 0 Å². The van der Waals surface area contributed by atoms with Gasteiger partial charge in [-0.3, -0.25) is 43.3 Å². The molecular weight excluding hydrogens is 847 g/mol. The maximum Gasteiger partial charge on any atom is 0.248 e. The minimum absolute atomic E-state index is 0.0743. The Morgan fingerprint density at radius 2 is 1.36 bits per heavy atom. The molecule has 13 N–H and O–H groups in total. The van der Waals surface area contributed by atoms with Crippen LogP contribution >= 0.6 is 11.8 Å². The number of carbonyl (C=O) groups is 8. The molecule has 1 aliphatic carbocycles. The van der Waals surface area contributed by atoms with Crippen LogP contribution in [0.5, 0.6) is 0 Å². The van der Waals surface area contributed by atoms with Crippen LogP contribution in [0.2, 0.25) is 0 Å². The number of rotatable bonds is 25. The summed E-state index contributed by atoms with van der Waals surface area (Å²) in [6.45, 7) is 7.02. The molecular formula is C43H71N11O9S. The van der Waals surface area contributed by atoms with Crippen molar-refractivity contribution in [3.63, 3.8) is 0 Å². The molecule has 1 saturated carbocycles. The number of amides is 8. The van der Waals surface area contributed by atoms with E-state index in [1.807, 2.05) is 6.26 Å². The number of guanidine groups is 1. The fourth-order valence-electron chi connectivity index (χ4n) is 7.41. The van der Waals surface area contributed by atoms with Gasteiger partial charge in [-0.1, -0.05) is 83.2 Å². The number of nitrogens with zero attached hydrogens (tertiary/aromatic N) is 2. The van der Waals surface area contributed by atoms with Gasteiger partial charge in [0.15, 0.2) is 5.96 Å². The van der Waals surface area contributed by atoms with Crippen molar-refractivity contribution in [3.05, 3.63) is 35.9 Å². The molecule has 20 nitrogen and oxygen atoms in total. The Bertz CT molecular complexity index is 1770. The fourth-order valence-corrected chi connectivity index (χ4v) is 7.88. The van der Waals surface area contributed by atoms with Crippen molar-refractivity contribution in [3.8, 4) is 0 Å². The summed E-state index contributed by atoms with van der Waals surface area (Å²) in [5.41, 5.74) is 16.1. The van der Waals surface area contributed by atoms with Crippen molar-refractivity contribution in [2.75, 3.05) is 32.2 Å². The van der Waals surface area contributed by atoms with Gasteiger partial charge >= 0.3 is 0 Å². The number of benzene rings is 1. The molecule has 8 amide bonds. The molecule has 1 aromatic rings. The van der Waals surface area contributed by atoms with Gasteiger partial charge in [-0.15, -0.1) is 0 Å². The number of hydrogen-bond donors (Lipinski definition) is 10. The van der Waals surface area contributed by atoms with Crippen LogP contribution in [-0.4, -0.2) is 132 Å². The molecule has 0 aromatic heterocycles. The number of aliphatic hydroxyl groups is 1. The average Bonchev–Trinajstić information content (AvgIpc) is 3.23. The Labute approximate surface area is 380 Å². The number of aliphatic hydroxyl groups excluding tert-OH is 1. The zero-order chi connectivity index (χ0) is 48.1. The van der Waals surface area contributed by atoms with Crippen LogP contribution in [0, 0.1) is 11.3 Å². The van der Waals surface area contributed by atoms with E-state index < -0.39 is 102 Å². The average molecular weight is 918 g/mol. The first kappa shape index (κ1) is 54.7. The van der Waals surface area contributed by atoms with Gasteiger partial charge in [0.2, 0.25) is 47.3 Å². The number of thioether (sulfide) groups is 1. The predicted molar refractivity (Wildman–Crippen MR) is 245 cm³/mol. The highest BCUT2D eigenvalue weighted by molar-refractivity contribution is 7.98. The normalized spacial score (nSPS) is 16.2. The van der Waals surface area contributed by atoms with Crippen LogP contribution in [0.15, 0.2) is 35.3 Å². The molecule has 0 radical (unpaired) electrons. The second kappa shape index (κ2) is 27.0. The van der Waals surface area contributed by atoms with E-state index in [0.29, 0.717) is 17.7 Å². The van der Waals surface area contributed by atoms with E-state index in [1.165, 1.54) is 37.6 Å². The first-order valence-electron chi connectivity index (χ1n) is 21.7. The lowest BCUT2D eigenvalue weighted by Crippen LogP contribution is -2.60. The van der Waals surface area contributed by atoms with E-state index in [0.717, 1.165) is 32.1 Å². The number of primary amides is 1. The molecule has 0 saturated heterocycles. The Morgan fingerprint density at radius 1 is 0.781 bits per heavy atom. The number of nitrogens with one attached hydrogen (secondary N) is 6. The summed E-state index contributed by atoms with van der Waals surface area (Å²) < 4.78 is 0. The summed E-state index contributed by atoms with van der Waals surface area (Å²) in [5.74, 6) is -5.11. The fraction of sp³-hybridized carbons (Fsp3) is 0.651. The van der Waals surface area contributed by atoms with E-state index in [1.54, 1.807) is 51.1 Å². The Morgan fingerprint density at radius 3 is 1.91 bits per heavy atom. The maximum atomic E-state index is 14.5. The third-order valence-corrected chi connectivity index (χ3v) is 11.5. The maximum absolute atomic E-state index is 14.5. The van der Waals surface area contributed by atoms with E-state index in [4.69, 9.17) is 17.2 Å². The number of carbonyl (C=O) groups excluding carboxylic acids is 8. The summed E-state index contributed by atoms with van der Waals surface area (Å²) in [7, 11) is 1.41. The van der Waals surface area contributed by atoms with Crippen LogP contribution in [-0.2, 0) is 38.4 Å². The molecule has 358 valence electrons. The van der Waals surface area contributed by atoms with Gasteiger partial charge in [-0.2, -0.15) is 11.8 Å². The minimum Gasteiger partial charge on any atom is -0.394 e. The molecule has 1 fully saturated rings. The third-order valence-electron chi connectivity index (χ3n) is 10.9. The third kappa shape index (κ3) is 18.3. The van der Waals surface area contributed by atoms with Crippen molar-refractivity contribution in [1.82, 2.24) is 36.8 Å². The largest absolute Gasteiger partial charge is 0.394 e. The quantitative estimate of drug-likeness (QED) is 0.0335. The number of aliphatic imine (C=N–C) groups is 1. The van der Waals surface area contributed by atoms with Gasteiger partial charge in [0.1, 0.15) is 42.3 Å². The molecule has 0 unspecified atom stereocenters. The lowest BCUT2D eigenvalue weighted by molar-refractivity contribution is -0.143. The number of hydrogen-bond acceptors (Lipinski definition) is 11. The Balaban J connectivity index is 2.38. The van der Waals surface area contributed by atoms with Crippen LogP contribution in [0.3, 0.4) is 0 Å². The number of nitrogens with two attached hydrogens (primary N) is 3. The van der Waals surface area contributed by atoms with Crippen molar-refractivity contribution in [1.29, 1.82) is 0 Å². The first-order valence-corrected chi connectivity index (χ1v) is 23.1. The zero-order valence-corrected chi connectivity index (χ0v) is 39.1. The van der Waals surface area contributed by atoms with Gasteiger partial charge in [-0.25, -0.2) is 0 Å². The van der Waals surface area contributed by atoms with Gasteiger partial charge in [-0.05, 0) is 61.5 Å². The molecule has 64 heavy (non-hydrogen) atoms. The highest BCUT2D eigenvalue weighted by Gasteiger charge is 2.38. The predicted octanol–water partition coefficient (Wildman–Crippen LogP) is -0.565. The van der Waals surface area contributed by atoms with Crippen molar-refractivity contribution in [2.45, 2.75) is 135 Å². The van der Waals surface area contributed by atoms with Crippen molar-refractivity contribution >= 4 is 65.0 Å². The zero-order valence-electron chi connectivity index (χ0n) is 38.2. The standard InChI is InChI=1S/C43H71N11O9S/c1-25(36(58)52-32(24-55)39(61)53-34(35(44)57)43(3,4)5)48-37(59)29(20-22-64-7)50-40(62)33(28-17-12-9-13-18-28)54(6)41(63)30(19-14-21-47-42(45)46)51-38(60)31(49-26(2)56)23-27-15-10-8-11-16-27/h9,12-13,17-18,25,27,29-34,55H,8,10-11,14-16,19-24H2,1-7H3,(H2,44,57)(H,48,59)(H,49,56)(H,50,62)(H,51,60)(H,52,58)(H,53,61)(H4,45,46,47)/t25-,29+,30-,31-,32-,33+,34+/m0/s1. The van der Waals surface area contributed by atoms with Crippen LogP contribution in [0.1, 0.15) is 104 Å². The second-order valence-corrected chi connectivity index (χ2v) is 18.3. The Hall–Kier alpha value is -5.44. The first-order chi connectivity index (χ1) is 30.1. The summed E-state index contributed by atoms with van der Waals surface area (Å²) in [5, 5.41) is 25.7. The summed E-state index contributed by atoms with van der Waals surface area (Å²) >= 11 is 1.40. The summed E-state index contributed by atoms with van der Waals surface area (Å²) in [6.07, 6.45) is 7.67. The molecule has 0 bridgehead atoms. The van der Waals surface area contributed by atoms with Crippen LogP contribution in [0.25, 0.3) is 0 Å². The smallest absolute Gasteiger partial charge is 0.248 e. The Kier molecular flexibility index (Phi) is 23.1. The van der Waals surface area contributed by atoms with E-state index >= 15 is 0 Å². The van der Waals surface area contributed by atoms with Crippen LogP contribution < -0.4 is 49.1 Å². The molecule has 21 heteroatoms. The van der Waals surface area contributed by atoms with E-state index in [9.17, 15) is 43.5 Å². The van der Waals surface area contributed by atoms with Crippen molar-refractivity contribution in [2.24, 2.45) is 33.5 Å². The van der Waals surface area contributed by atoms with Gasteiger partial charge in [0, 0.05) is 20.5 Å². The molecule has 1 aromatic carbocycles. The molecule has 2 rings (SSSR count). The molecule has 7 atom stereocenters. The minimum atomic E-state index is -1.49. The van der Waals surface area contributed by atoms with Gasteiger partial charge < -0.3 is 59.1 Å². The monoisotopic (exact) mass is 918 g/mol. The molecule has 0 aliphatic heterocycles. The van der Waals surface area contributed by atoms with E-state index in [-0.39, 0.29) is 37.7 Å². The second-order valence-electron chi connectivity index (χ2n) is 17.3. The summed E-state index contributed by atoms with van der Waals surface area (Å²) in [4.78, 5) is 112. The lowest BCUT2D eigenvalue weighted by atomic mass is 9.84. The van der Waals surface area contributed by atoms with Crippen molar-refractivity contribution < 1.29 is 43.5 Å². The highest BCUT2D eigenvalue weighted by Crippen LogP contribution is 2.28. The highest BCUT2D eigenvalue weighted by atomic mass is 32.2. The SMILES string of the molecule is CSCC[C@@H](NC(=O)[C@@H](c1ccccc1)N(C)C(=O)[C@H](CCCN=C(N)N)NC(=O)[C@H](CC1CCCCC1)NC(C)=O)C(=O)N[C@@H](C)C(=O)N[C@@H](CO)C(=O)N[C@H](C(N)=O)C(C)(C)C. The van der Waals surface area contributed by atoms with Gasteiger partial charge in [0.05, 0.1) is 6.61 Å². The topological polar surface area (TPSA) is 323 Å². The van der Waals surface area contributed by atoms with Gasteiger partial charge in [0.25, 0.3) is 0 Å². The molecule has 1 aliphatic rings.